The summed E-state index contributed by atoms with van der Waals surface area (Å²) >= 11 is 5.67. The standard InChI is InChI=1S/C14H19ClFNO3S/c1-14(2)4-3-10(7-14)17-21(19,20)11-5-9(8-18)13(15)12(16)6-11/h5-6,10,17-18H,3-4,7-8H2,1-2H3. The smallest absolute Gasteiger partial charge is 0.240 e. The van der Waals surface area contributed by atoms with Crippen LogP contribution in [-0.2, 0) is 16.6 Å². The van der Waals surface area contributed by atoms with Crippen molar-refractivity contribution in [1.82, 2.24) is 4.72 Å². The van der Waals surface area contributed by atoms with Gasteiger partial charge in [0.05, 0.1) is 16.5 Å². The molecule has 0 aliphatic heterocycles. The molecule has 118 valence electrons. The molecule has 0 amide bonds. The van der Waals surface area contributed by atoms with E-state index in [0.717, 1.165) is 25.3 Å². The number of aliphatic hydroxyl groups is 1. The van der Waals surface area contributed by atoms with Crippen molar-refractivity contribution in [1.29, 1.82) is 0 Å². The van der Waals surface area contributed by atoms with Crippen molar-refractivity contribution in [3.8, 4) is 0 Å². The van der Waals surface area contributed by atoms with Crippen molar-refractivity contribution in [2.45, 2.75) is 50.7 Å². The molecule has 4 nitrogen and oxygen atoms in total. The molecule has 21 heavy (non-hydrogen) atoms. The topological polar surface area (TPSA) is 66.4 Å². The van der Waals surface area contributed by atoms with E-state index in [0.29, 0.717) is 0 Å². The molecule has 1 atom stereocenters. The molecule has 0 spiro atoms. The number of nitrogens with one attached hydrogen (secondary N) is 1. The SMILES string of the molecule is CC1(C)CCC(NS(=O)(=O)c2cc(F)c(Cl)c(CO)c2)C1. The van der Waals surface area contributed by atoms with Crippen molar-refractivity contribution in [2.24, 2.45) is 5.41 Å². The van der Waals surface area contributed by atoms with Crippen LogP contribution >= 0.6 is 11.6 Å². The minimum absolute atomic E-state index is 0.0591. The van der Waals surface area contributed by atoms with Gasteiger partial charge in [0.2, 0.25) is 10.0 Å². The molecule has 7 heteroatoms. The summed E-state index contributed by atoms with van der Waals surface area (Å²) in [6, 6.07) is 1.93. The van der Waals surface area contributed by atoms with Gasteiger partial charge in [0.25, 0.3) is 0 Å². The zero-order valence-corrected chi connectivity index (χ0v) is 13.6. The third-order valence-electron chi connectivity index (χ3n) is 3.85. The molecule has 0 bridgehead atoms. The highest BCUT2D eigenvalue weighted by atomic mass is 35.5. The van der Waals surface area contributed by atoms with E-state index in [1.54, 1.807) is 0 Å². The van der Waals surface area contributed by atoms with Gasteiger partial charge in [0.15, 0.2) is 0 Å². The summed E-state index contributed by atoms with van der Waals surface area (Å²) in [7, 11) is -3.83. The summed E-state index contributed by atoms with van der Waals surface area (Å²) in [6.45, 7) is 3.66. The molecule has 1 aliphatic rings. The fourth-order valence-electron chi connectivity index (χ4n) is 2.71. The first-order valence-corrected chi connectivity index (χ1v) is 8.62. The Balaban J connectivity index is 2.26. The fraction of sp³-hybridized carbons (Fsp3) is 0.571. The van der Waals surface area contributed by atoms with Crippen LogP contribution in [0.4, 0.5) is 4.39 Å². The average molecular weight is 336 g/mol. The maximum atomic E-state index is 13.7. The molecule has 0 saturated heterocycles. The van der Waals surface area contributed by atoms with Gasteiger partial charge < -0.3 is 5.11 Å². The van der Waals surface area contributed by atoms with Gasteiger partial charge in [-0.3, -0.25) is 0 Å². The first-order chi connectivity index (χ1) is 9.64. The van der Waals surface area contributed by atoms with E-state index in [4.69, 9.17) is 16.7 Å². The van der Waals surface area contributed by atoms with Crippen LogP contribution in [0.1, 0.15) is 38.7 Å². The molecule has 0 heterocycles. The number of rotatable bonds is 4. The lowest BCUT2D eigenvalue weighted by Gasteiger charge is -2.18. The number of benzene rings is 1. The number of sulfonamides is 1. The molecule has 2 rings (SSSR count). The molecule has 0 aromatic heterocycles. The van der Waals surface area contributed by atoms with E-state index in [1.807, 2.05) is 0 Å². The summed E-state index contributed by atoms with van der Waals surface area (Å²) in [4.78, 5) is -0.210. The Morgan fingerprint density at radius 1 is 1.48 bits per heavy atom. The van der Waals surface area contributed by atoms with Gasteiger partial charge in [0, 0.05) is 11.6 Å². The predicted octanol–water partition coefficient (Wildman–Crippen LogP) is 2.83. The Morgan fingerprint density at radius 2 is 2.14 bits per heavy atom. The van der Waals surface area contributed by atoms with E-state index in [2.05, 4.69) is 18.6 Å². The monoisotopic (exact) mass is 335 g/mol. The molecule has 1 aromatic carbocycles. The first-order valence-electron chi connectivity index (χ1n) is 6.76. The minimum atomic E-state index is -3.83. The van der Waals surface area contributed by atoms with E-state index >= 15 is 0 Å². The summed E-state index contributed by atoms with van der Waals surface area (Å²) < 4.78 is 40.9. The zero-order chi connectivity index (χ0) is 15.8. The molecule has 1 unspecified atom stereocenters. The maximum absolute atomic E-state index is 13.7. The highest BCUT2D eigenvalue weighted by Crippen LogP contribution is 2.37. The normalized spacial score (nSPS) is 21.7. The van der Waals surface area contributed by atoms with Crippen molar-refractivity contribution in [2.75, 3.05) is 0 Å². The molecule has 1 fully saturated rings. The highest BCUT2D eigenvalue weighted by Gasteiger charge is 2.33. The Labute approximate surface area is 129 Å². The van der Waals surface area contributed by atoms with E-state index in [-0.39, 0.29) is 26.9 Å². The molecule has 1 aromatic rings. The number of hydrogen-bond donors (Lipinski definition) is 2. The van der Waals surface area contributed by atoms with Crippen molar-refractivity contribution in [3.63, 3.8) is 0 Å². The van der Waals surface area contributed by atoms with Crippen molar-refractivity contribution >= 4 is 21.6 Å². The van der Waals surface area contributed by atoms with Crippen LogP contribution in [0.15, 0.2) is 17.0 Å². The summed E-state index contributed by atoms with van der Waals surface area (Å²) in [5.74, 6) is -0.852. The lowest BCUT2D eigenvalue weighted by Crippen LogP contribution is -2.33. The molecular weight excluding hydrogens is 317 g/mol. The van der Waals surface area contributed by atoms with Crippen LogP contribution in [0.5, 0.6) is 0 Å². The van der Waals surface area contributed by atoms with Gasteiger partial charge >= 0.3 is 0 Å². The van der Waals surface area contributed by atoms with Crippen LogP contribution in [0.3, 0.4) is 0 Å². The fourth-order valence-corrected chi connectivity index (χ4v) is 4.21. The Hall–Kier alpha value is -0.690. The average Bonchev–Trinajstić information content (AvgIpc) is 2.70. The quantitative estimate of drug-likeness (QED) is 0.889. The van der Waals surface area contributed by atoms with Gasteiger partial charge in [-0.15, -0.1) is 0 Å². The van der Waals surface area contributed by atoms with Gasteiger partial charge in [-0.2, -0.15) is 0 Å². The lowest BCUT2D eigenvalue weighted by atomic mass is 9.92. The number of aliphatic hydroxyl groups excluding tert-OH is 1. The van der Waals surface area contributed by atoms with Gasteiger partial charge in [0.1, 0.15) is 5.82 Å². The molecule has 0 radical (unpaired) electrons. The largest absolute Gasteiger partial charge is 0.392 e. The van der Waals surface area contributed by atoms with Crippen LogP contribution in [0, 0.1) is 11.2 Å². The summed E-state index contributed by atoms with van der Waals surface area (Å²) in [6.07, 6.45) is 2.45. The van der Waals surface area contributed by atoms with Gasteiger partial charge in [-0.05, 0) is 36.8 Å². The Kier molecular flexibility index (Phi) is 4.63. The van der Waals surface area contributed by atoms with E-state index < -0.39 is 22.4 Å². The van der Waals surface area contributed by atoms with Crippen LogP contribution in [0.2, 0.25) is 5.02 Å². The maximum Gasteiger partial charge on any atom is 0.240 e. The number of halogens is 2. The van der Waals surface area contributed by atoms with Crippen molar-refractivity contribution < 1.29 is 17.9 Å². The third-order valence-corrected chi connectivity index (χ3v) is 5.77. The second kappa shape index (κ2) is 5.83. The summed E-state index contributed by atoms with van der Waals surface area (Å²) in [5.41, 5.74) is 0.165. The second-order valence-electron chi connectivity index (χ2n) is 6.26. The highest BCUT2D eigenvalue weighted by molar-refractivity contribution is 7.89. The zero-order valence-electron chi connectivity index (χ0n) is 12.0. The lowest BCUT2D eigenvalue weighted by molar-refractivity contribution is 0.281. The van der Waals surface area contributed by atoms with E-state index in [1.165, 1.54) is 6.07 Å². The predicted molar refractivity (Wildman–Crippen MR) is 79.1 cm³/mol. The first kappa shape index (κ1) is 16.7. The van der Waals surface area contributed by atoms with Crippen molar-refractivity contribution in [3.05, 3.63) is 28.5 Å². The molecular formula is C14H19ClFNO3S. The molecule has 1 aliphatic carbocycles. The van der Waals surface area contributed by atoms with E-state index in [9.17, 15) is 12.8 Å². The molecule has 1 saturated carbocycles. The van der Waals surface area contributed by atoms with Gasteiger partial charge in [-0.1, -0.05) is 25.4 Å². The summed E-state index contributed by atoms with van der Waals surface area (Å²) in [5, 5.41) is 8.87. The second-order valence-corrected chi connectivity index (χ2v) is 8.35. The third kappa shape index (κ3) is 3.74. The van der Waals surface area contributed by atoms with Gasteiger partial charge in [-0.25, -0.2) is 17.5 Å². The molecule has 2 N–H and O–H groups in total. The minimum Gasteiger partial charge on any atom is -0.392 e. The number of hydrogen-bond acceptors (Lipinski definition) is 3. The Morgan fingerprint density at radius 3 is 2.67 bits per heavy atom. The Bertz CT molecular complexity index is 646. The van der Waals surface area contributed by atoms with Crippen LogP contribution in [0.25, 0.3) is 0 Å². The van der Waals surface area contributed by atoms with Crippen LogP contribution in [-0.4, -0.2) is 19.6 Å². The van der Waals surface area contributed by atoms with Crippen LogP contribution < -0.4 is 4.72 Å².